The van der Waals surface area contributed by atoms with Crippen molar-refractivity contribution in [1.82, 2.24) is 36.1 Å². The number of amides is 7. The Morgan fingerprint density at radius 1 is 0.982 bits per heavy atom. The summed E-state index contributed by atoms with van der Waals surface area (Å²) in [6, 6.07) is -2.12. The van der Waals surface area contributed by atoms with Gasteiger partial charge in [0.2, 0.25) is 35.0 Å². The number of aliphatic carboxylic acids is 1. The van der Waals surface area contributed by atoms with Crippen molar-refractivity contribution in [2.45, 2.75) is 103 Å². The molecule has 1 aromatic heterocycles. The molecule has 1 saturated heterocycles. The van der Waals surface area contributed by atoms with Crippen molar-refractivity contribution in [3.63, 3.8) is 0 Å². The molecule has 1 fully saturated rings. The number of aliphatic hydroxyl groups is 1. The van der Waals surface area contributed by atoms with Gasteiger partial charge in [0.1, 0.15) is 30.2 Å². The number of benzene rings is 1. The topological polar surface area (TPSA) is 283 Å². The molecule has 1 aromatic carbocycles. The number of carbonyl (C=O) groups is 7. The van der Waals surface area contributed by atoms with Gasteiger partial charge in [0.05, 0.1) is 17.3 Å². The van der Waals surface area contributed by atoms with Crippen molar-refractivity contribution in [2.24, 2.45) is 5.92 Å². The minimum Gasteiger partial charge on any atom is -0.481 e. The van der Waals surface area contributed by atoms with Crippen LogP contribution < -0.4 is 43.1 Å². The van der Waals surface area contributed by atoms with E-state index < -0.39 is 95.6 Å². The molecule has 3 rings (SSSR count). The summed E-state index contributed by atoms with van der Waals surface area (Å²) in [4.78, 5) is 105. The average Bonchev–Trinajstić information content (AvgIpc) is 3.66. The van der Waals surface area contributed by atoms with Gasteiger partial charge in [-0.2, -0.15) is 0 Å². The van der Waals surface area contributed by atoms with E-state index in [2.05, 4.69) is 38.5 Å². The number of hydrogen-bond acceptors (Lipinski definition) is 10. The summed E-state index contributed by atoms with van der Waals surface area (Å²) in [6.45, 7) is 10.5. The molecule has 7 atom stereocenters. The standard InChI is InChI=1S/C37H53N9O10/c1-7-15-45-18-24(38)31(50)23-17-22(11-13-26(23)45)41-32(51)20(4)40-34(53)27-10-9-16-46(27)37(56)44-29(19(3)8-2)36(55)42-25(12-14-28(48)49)33(52)43-30(21(5)47)35(54)39-6/h7,11,13,17-21,25,27,29-30,47H,1,8-10,12,14-16,38H2,2-6H3,(H,39,54)(H,40,53)(H,41,51)(H,42,55)(H,43,52)(H,44,56)(H,48,49)/t19-,20+,21+,25-,27-,29-,30-/m0/s1. The van der Waals surface area contributed by atoms with E-state index >= 15 is 0 Å². The summed E-state index contributed by atoms with van der Waals surface area (Å²) in [5.74, 6) is -5.39. The number of carboxylic acid groups (broad SMARTS) is 1. The number of aliphatic hydroxyl groups excluding tert-OH is 1. The third kappa shape index (κ3) is 11.3. The predicted octanol–water partition coefficient (Wildman–Crippen LogP) is -0.237. The number of nitrogens with two attached hydrogens (primary N) is 1. The first-order valence-corrected chi connectivity index (χ1v) is 18.4. The molecule has 0 spiro atoms. The molecule has 0 bridgehead atoms. The quantitative estimate of drug-likeness (QED) is 0.0890. The van der Waals surface area contributed by atoms with Gasteiger partial charge in [0.25, 0.3) is 0 Å². The number of nitrogen functional groups attached to an aromatic ring is 1. The number of allylic oxidation sites excluding steroid dienone is 1. The van der Waals surface area contributed by atoms with Crippen molar-refractivity contribution < 1.29 is 43.8 Å². The van der Waals surface area contributed by atoms with E-state index in [9.17, 15) is 48.6 Å². The summed E-state index contributed by atoms with van der Waals surface area (Å²) in [7, 11) is 1.30. The van der Waals surface area contributed by atoms with Crippen LogP contribution in [0.25, 0.3) is 10.9 Å². The maximum absolute atomic E-state index is 13.6. The number of likely N-dealkylation sites (N-methyl/N-ethyl adjacent to an activating group) is 1. The zero-order chi connectivity index (χ0) is 41.9. The van der Waals surface area contributed by atoms with Gasteiger partial charge in [-0.1, -0.05) is 26.3 Å². The Morgan fingerprint density at radius 2 is 1.68 bits per heavy atom. The van der Waals surface area contributed by atoms with Crippen LogP contribution in [0.4, 0.5) is 16.2 Å². The zero-order valence-electron chi connectivity index (χ0n) is 32.2. The first-order valence-electron chi connectivity index (χ1n) is 18.4. The molecule has 19 nitrogen and oxygen atoms in total. The van der Waals surface area contributed by atoms with Crippen molar-refractivity contribution in [1.29, 1.82) is 0 Å². The van der Waals surface area contributed by atoms with Crippen LogP contribution in [0.15, 0.2) is 41.8 Å². The van der Waals surface area contributed by atoms with Gasteiger partial charge in [0, 0.05) is 43.8 Å². The van der Waals surface area contributed by atoms with Gasteiger partial charge in [-0.25, -0.2) is 4.79 Å². The van der Waals surface area contributed by atoms with Crippen LogP contribution >= 0.6 is 0 Å². The van der Waals surface area contributed by atoms with Gasteiger partial charge < -0.3 is 57.3 Å². The van der Waals surface area contributed by atoms with Crippen LogP contribution in [-0.4, -0.2) is 111 Å². The largest absolute Gasteiger partial charge is 0.481 e. The maximum atomic E-state index is 13.6. The molecule has 0 unspecified atom stereocenters. The molecule has 0 radical (unpaired) electrons. The molecule has 1 aliphatic heterocycles. The molecule has 0 aliphatic carbocycles. The number of nitrogens with one attached hydrogen (secondary N) is 6. The van der Waals surface area contributed by atoms with Crippen LogP contribution in [-0.2, 0) is 35.3 Å². The van der Waals surface area contributed by atoms with Crippen LogP contribution in [0, 0.1) is 5.92 Å². The van der Waals surface area contributed by atoms with Crippen molar-refractivity contribution in [3.8, 4) is 0 Å². The number of urea groups is 1. The fourth-order valence-electron chi connectivity index (χ4n) is 6.23. The second-order valence-corrected chi connectivity index (χ2v) is 13.8. The van der Waals surface area contributed by atoms with E-state index in [0.717, 1.165) is 0 Å². The molecule has 10 N–H and O–H groups in total. The second-order valence-electron chi connectivity index (χ2n) is 13.8. The SMILES string of the molecule is C=CCn1cc(N)c(=O)c2cc(NC(=O)[C@@H](C)NC(=O)[C@@H]3CCCN3C(=O)N[C@H](C(=O)N[C@@H](CCC(=O)O)C(=O)N[C@H](C(=O)NC)[C@@H](C)O)[C@@H](C)CC)ccc21. The number of anilines is 2. The molecule has 7 amide bonds. The highest BCUT2D eigenvalue weighted by Gasteiger charge is 2.38. The number of rotatable bonds is 18. The van der Waals surface area contributed by atoms with Gasteiger partial charge >= 0.3 is 12.0 Å². The molecule has 306 valence electrons. The number of aromatic nitrogens is 1. The summed E-state index contributed by atoms with van der Waals surface area (Å²) >= 11 is 0. The molecule has 1 aliphatic rings. The summed E-state index contributed by atoms with van der Waals surface area (Å²) in [6.07, 6.45) is 2.08. The Kier molecular flexibility index (Phi) is 15.9. The second kappa shape index (κ2) is 20.1. The Balaban J connectivity index is 1.71. The fourth-order valence-corrected chi connectivity index (χ4v) is 6.23. The first kappa shape index (κ1) is 44.4. The van der Waals surface area contributed by atoms with E-state index in [1.54, 1.807) is 36.6 Å². The lowest BCUT2D eigenvalue weighted by Gasteiger charge is -2.31. The predicted molar refractivity (Wildman–Crippen MR) is 207 cm³/mol. The van der Waals surface area contributed by atoms with Crippen LogP contribution in [0.1, 0.15) is 59.8 Å². The Morgan fingerprint density at radius 3 is 2.29 bits per heavy atom. The monoisotopic (exact) mass is 783 g/mol. The highest BCUT2D eigenvalue weighted by molar-refractivity contribution is 6.00. The molecule has 0 saturated carbocycles. The van der Waals surface area contributed by atoms with Gasteiger partial charge in [-0.15, -0.1) is 6.58 Å². The molecular formula is C37H53N9O10. The third-order valence-electron chi connectivity index (χ3n) is 9.63. The number of likely N-dealkylation sites (tertiary alicyclic amines) is 1. The summed E-state index contributed by atoms with van der Waals surface area (Å²) in [5.41, 5.74) is 6.41. The minimum atomic E-state index is -1.45. The van der Waals surface area contributed by atoms with Crippen molar-refractivity contribution in [3.05, 3.63) is 47.3 Å². The summed E-state index contributed by atoms with van der Waals surface area (Å²) in [5, 5.41) is 34.7. The molecule has 56 heavy (non-hydrogen) atoms. The number of carboxylic acids is 1. The highest BCUT2D eigenvalue weighted by Crippen LogP contribution is 2.21. The minimum absolute atomic E-state index is 0.0261. The number of pyridine rings is 1. The number of hydrogen-bond donors (Lipinski definition) is 9. The van der Waals surface area contributed by atoms with E-state index in [1.807, 2.05) is 0 Å². The van der Waals surface area contributed by atoms with E-state index in [1.165, 1.54) is 38.1 Å². The van der Waals surface area contributed by atoms with Crippen molar-refractivity contribution in [2.75, 3.05) is 24.6 Å². The zero-order valence-corrected chi connectivity index (χ0v) is 32.2. The molecule has 2 aromatic rings. The Hall–Kier alpha value is -5.98. The van der Waals surface area contributed by atoms with E-state index in [-0.39, 0.29) is 30.5 Å². The van der Waals surface area contributed by atoms with Gasteiger partial charge in [-0.3, -0.25) is 33.6 Å². The fraction of sp³-hybridized carbons (Fsp3) is 0.514. The average molecular weight is 784 g/mol. The summed E-state index contributed by atoms with van der Waals surface area (Å²) < 4.78 is 1.75. The van der Waals surface area contributed by atoms with Crippen LogP contribution in [0.2, 0.25) is 0 Å². The van der Waals surface area contributed by atoms with Gasteiger partial charge in [0.15, 0.2) is 0 Å². The highest BCUT2D eigenvalue weighted by atomic mass is 16.4. The van der Waals surface area contributed by atoms with Crippen molar-refractivity contribution >= 4 is 63.8 Å². The van der Waals surface area contributed by atoms with E-state index in [4.69, 9.17) is 5.73 Å². The molecule has 19 heteroatoms. The number of nitrogens with zero attached hydrogens (tertiary/aromatic N) is 2. The van der Waals surface area contributed by atoms with Crippen LogP contribution in [0.3, 0.4) is 0 Å². The molecular weight excluding hydrogens is 730 g/mol. The van der Waals surface area contributed by atoms with Crippen LogP contribution in [0.5, 0.6) is 0 Å². The van der Waals surface area contributed by atoms with Gasteiger partial charge in [-0.05, 0) is 57.2 Å². The lowest BCUT2D eigenvalue weighted by Crippen LogP contribution is -2.61. The lowest BCUT2D eigenvalue weighted by atomic mass is 9.97. The Labute approximate surface area is 323 Å². The number of fused-ring (bicyclic) bond motifs is 1. The maximum Gasteiger partial charge on any atom is 0.318 e. The number of carbonyl (C=O) groups excluding carboxylic acids is 6. The normalized spacial score (nSPS) is 17.0. The molecule has 2 heterocycles. The first-order chi connectivity index (χ1) is 26.4. The lowest BCUT2D eigenvalue weighted by molar-refractivity contribution is -0.139. The smallest absolute Gasteiger partial charge is 0.318 e. The third-order valence-corrected chi connectivity index (χ3v) is 9.63. The Bertz CT molecular complexity index is 1880. The van der Waals surface area contributed by atoms with E-state index in [0.29, 0.717) is 30.6 Å².